The Morgan fingerprint density at radius 2 is 2.21 bits per heavy atom. The van der Waals surface area contributed by atoms with E-state index < -0.39 is 0 Å². The molecule has 74 valence electrons. The second-order valence-electron chi connectivity index (χ2n) is 3.68. The number of anilines is 1. The summed E-state index contributed by atoms with van der Waals surface area (Å²) in [6, 6.07) is 5.37. The summed E-state index contributed by atoms with van der Waals surface area (Å²) >= 11 is 5.80. The van der Waals surface area contributed by atoms with Crippen molar-refractivity contribution >= 4 is 23.1 Å². The molecule has 1 aromatic carbocycles. The molecule has 0 aliphatic heterocycles. The van der Waals surface area contributed by atoms with Crippen molar-refractivity contribution in [2.75, 3.05) is 5.73 Å². The monoisotopic (exact) mass is 209 g/mol. The molecule has 0 spiro atoms. The smallest absolute Gasteiger partial charge is 0.140 e. The van der Waals surface area contributed by atoms with E-state index in [0.717, 1.165) is 18.4 Å². The Morgan fingerprint density at radius 1 is 1.43 bits per heavy atom. The Balaban J connectivity index is 2.36. The molecule has 1 fully saturated rings. The highest BCUT2D eigenvalue weighted by Crippen LogP contribution is 2.35. The van der Waals surface area contributed by atoms with E-state index >= 15 is 0 Å². The van der Waals surface area contributed by atoms with E-state index in [1.165, 1.54) is 0 Å². The second kappa shape index (κ2) is 3.62. The number of halogens is 1. The molecule has 1 atom stereocenters. The zero-order chi connectivity index (χ0) is 10.1. The third kappa shape index (κ3) is 1.62. The molecule has 1 aliphatic carbocycles. The molecule has 0 aromatic heterocycles. The van der Waals surface area contributed by atoms with Crippen LogP contribution in [0.5, 0.6) is 0 Å². The molecule has 0 saturated heterocycles. The lowest BCUT2D eigenvalue weighted by Gasteiger charge is -2.11. The highest BCUT2D eigenvalue weighted by molar-refractivity contribution is 6.30. The molecule has 0 amide bonds. The van der Waals surface area contributed by atoms with Gasteiger partial charge in [0.25, 0.3) is 0 Å². The van der Waals surface area contributed by atoms with E-state index in [1.807, 2.05) is 6.07 Å². The summed E-state index contributed by atoms with van der Waals surface area (Å²) in [5.41, 5.74) is 7.41. The number of nitrogens with two attached hydrogens (primary N) is 1. The first kappa shape index (κ1) is 9.53. The predicted molar refractivity (Wildman–Crippen MR) is 57.5 cm³/mol. The van der Waals surface area contributed by atoms with Crippen LogP contribution in [0.3, 0.4) is 0 Å². The van der Waals surface area contributed by atoms with Crippen molar-refractivity contribution in [1.29, 1.82) is 0 Å². The maximum absolute atomic E-state index is 11.5. The fourth-order valence-corrected chi connectivity index (χ4v) is 2.19. The van der Waals surface area contributed by atoms with Gasteiger partial charge in [0.15, 0.2) is 0 Å². The zero-order valence-corrected chi connectivity index (χ0v) is 8.55. The fraction of sp³-hybridized carbons (Fsp3) is 0.364. The molecule has 1 aromatic rings. The topological polar surface area (TPSA) is 43.1 Å². The Bertz CT molecular complexity index is 376. The van der Waals surface area contributed by atoms with Gasteiger partial charge in [-0.3, -0.25) is 4.79 Å². The van der Waals surface area contributed by atoms with E-state index in [-0.39, 0.29) is 5.92 Å². The van der Waals surface area contributed by atoms with Gasteiger partial charge in [-0.05, 0) is 30.5 Å². The minimum absolute atomic E-state index is 0.00673. The van der Waals surface area contributed by atoms with Crippen LogP contribution in [0, 0.1) is 0 Å². The van der Waals surface area contributed by atoms with Gasteiger partial charge < -0.3 is 5.73 Å². The number of Topliss-reactive ketones (excluding diaryl/α,β-unsaturated/α-hetero) is 1. The highest BCUT2D eigenvalue weighted by atomic mass is 35.5. The van der Waals surface area contributed by atoms with E-state index in [4.69, 9.17) is 17.3 Å². The maximum Gasteiger partial charge on any atom is 0.140 e. The van der Waals surface area contributed by atoms with Crippen LogP contribution in [0.25, 0.3) is 0 Å². The Hall–Kier alpha value is -1.02. The van der Waals surface area contributed by atoms with Crippen molar-refractivity contribution in [1.82, 2.24) is 0 Å². The van der Waals surface area contributed by atoms with Crippen LogP contribution in [-0.4, -0.2) is 5.78 Å². The van der Waals surface area contributed by atoms with Gasteiger partial charge in [0.1, 0.15) is 5.78 Å². The molecule has 1 unspecified atom stereocenters. The van der Waals surface area contributed by atoms with Crippen molar-refractivity contribution in [2.45, 2.75) is 25.2 Å². The van der Waals surface area contributed by atoms with Gasteiger partial charge >= 0.3 is 0 Å². The SMILES string of the molecule is Nc1cc(Cl)ccc1C1CCCC1=O. The summed E-state index contributed by atoms with van der Waals surface area (Å²) in [7, 11) is 0. The number of carbonyl (C=O) groups excluding carboxylic acids is 1. The van der Waals surface area contributed by atoms with Crippen molar-refractivity contribution < 1.29 is 4.79 Å². The van der Waals surface area contributed by atoms with Crippen LogP contribution in [0.15, 0.2) is 18.2 Å². The van der Waals surface area contributed by atoms with Crippen molar-refractivity contribution in [3.63, 3.8) is 0 Å². The summed E-state index contributed by atoms with van der Waals surface area (Å²) in [6.07, 6.45) is 2.59. The number of hydrogen-bond acceptors (Lipinski definition) is 2. The third-order valence-corrected chi connectivity index (χ3v) is 2.96. The number of hydrogen-bond donors (Lipinski definition) is 1. The van der Waals surface area contributed by atoms with Gasteiger partial charge in [-0.15, -0.1) is 0 Å². The fourth-order valence-electron chi connectivity index (χ4n) is 2.01. The average molecular weight is 210 g/mol. The van der Waals surface area contributed by atoms with Gasteiger partial charge in [0, 0.05) is 23.0 Å². The van der Waals surface area contributed by atoms with Crippen LogP contribution in [-0.2, 0) is 4.79 Å². The summed E-state index contributed by atoms with van der Waals surface area (Å²) in [5.74, 6) is 0.311. The Morgan fingerprint density at radius 3 is 2.79 bits per heavy atom. The van der Waals surface area contributed by atoms with E-state index in [1.54, 1.807) is 12.1 Å². The summed E-state index contributed by atoms with van der Waals surface area (Å²) in [5, 5.41) is 0.622. The van der Waals surface area contributed by atoms with Gasteiger partial charge in [-0.2, -0.15) is 0 Å². The average Bonchev–Trinajstić information content (AvgIpc) is 2.52. The van der Waals surface area contributed by atoms with Gasteiger partial charge in [0.05, 0.1) is 0 Å². The molecular weight excluding hydrogens is 198 g/mol. The Kier molecular flexibility index (Phi) is 2.46. The zero-order valence-electron chi connectivity index (χ0n) is 7.79. The van der Waals surface area contributed by atoms with Crippen LogP contribution >= 0.6 is 11.6 Å². The first-order chi connectivity index (χ1) is 6.68. The summed E-state index contributed by atoms with van der Waals surface area (Å²) in [6.45, 7) is 0. The lowest BCUT2D eigenvalue weighted by molar-refractivity contribution is -0.118. The first-order valence-electron chi connectivity index (χ1n) is 4.76. The molecule has 0 heterocycles. The maximum atomic E-state index is 11.5. The highest BCUT2D eigenvalue weighted by Gasteiger charge is 2.27. The van der Waals surface area contributed by atoms with Crippen LogP contribution in [0.1, 0.15) is 30.7 Å². The third-order valence-electron chi connectivity index (χ3n) is 2.73. The molecule has 2 N–H and O–H groups in total. The number of nitrogen functional groups attached to an aromatic ring is 1. The summed E-state index contributed by atoms with van der Waals surface area (Å²) < 4.78 is 0. The molecule has 0 radical (unpaired) electrons. The van der Waals surface area contributed by atoms with Crippen molar-refractivity contribution in [2.24, 2.45) is 0 Å². The molecule has 3 heteroatoms. The lowest BCUT2D eigenvalue weighted by atomic mass is 9.95. The molecule has 2 rings (SSSR count). The quantitative estimate of drug-likeness (QED) is 0.723. The van der Waals surface area contributed by atoms with Crippen LogP contribution in [0.4, 0.5) is 5.69 Å². The second-order valence-corrected chi connectivity index (χ2v) is 4.12. The van der Waals surface area contributed by atoms with Crippen molar-refractivity contribution in [3.05, 3.63) is 28.8 Å². The number of carbonyl (C=O) groups is 1. The molecule has 0 bridgehead atoms. The van der Waals surface area contributed by atoms with E-state index in [0.29, 0.717) is 22.9 Å². The molecule has 14 heavy (non-hydrogen) atoms. The van der Waals surface area contributed by atoms with Gasteiger partial charge in [0.2, 0.25) is 0 Å². The minimum atomic E-state index is 0.00673. The number of benzene rings is 1. The molecule has 1 aliphatic rings. The van der Waals surface area contributed by atoms with Gasteiger partial charge in [-0.25, -0.2) is 0 Å². The molecule has 1 saturated carbocycles. The lowest BCUT2D eigenvalue weighted by Crippen LogP contribution is -2.07. The van der Waals surface area contributed by atoms with Crippen LogP contribution in [0.2, 0.25) is 5.02 Å². The number of ketones is 1. The normalized spacial score (nSPS) is 21.5. The molecular formula is C11H12ClNO. The largest absolute Gasteiger partial charge is 0.398 e. The van der Waals surface area contributed by atoms with Crippen molar-refractivity contribution in [3.8, 4) is 0 Å². The predicted octanol–water partition coefficient (Wildman–Crippen LogP) is 2.76. The van der Waals surface area contributed by atoms with E-state index in [2.05, 4.69) is 0 Å². The van der Waals surface area contributed by atoms with Gasteiger partial charge in [-0.1, -0.05) is 17.7 Å². The minimum Gasteiger partial charge on any atom is -0.398 e. The number of rotatable bonds is 1. The molecule has 2 nitrogen and oxygen atoms in total. The first-order valence-corrected chi connectivity index (χ1v) is 5.14. The van der Waals surface area contributed by atoms with Crippen LogP contribution < -0.4 is 5.73 Å². The van der Waals surface area contributed by atoms with E-state index in [9.17, 15) is 4.79 Å². The summed E-state index contributed by atoms with van der Waals surface area (Å²) in [4.78, 5) is 11.5. The Labute approximate surface area is 88.1 Å². The standard InChI is InChI=1S/C11H12ClNO/c12-7-4-5-8(10(13)6-7)9-2-1-3-11(9)14/h4-6,9H,1-3,13H2.